The second-order valence-electron chi connectivity index (χ2n) is 14.1. The normalized spacial score (nSPS) is 21.4. The second kappa shape index (κ2) is 15.8. The SMILES string of the molecule is O=c1[nH]c2ccccc2n1C1CCN(C[C@H]2OC(c3ccc(CNS(=O)(=O)c4ccccc4)cc3)O[C@@H](c3ccc(CO)cc3)[C@@H]2c2ccccc2)CC1. The minimum atomic E-state index is -3.65. The molecule has 0 radical (unpaired) electrons. The summed E-state index contributed by atoms with van der Waals surface area (Å²) in [5.74, 6) is -0.136. The Morgan fingerprint density at radius 2 is 1.35 bits per heavy atom. The summed E-state index contributed by atoms with van der Waals surface area (Å²) in [6.07, 6.45) is 0.384. The number of aliphatic hydroxyl groups excluding tert-OH is 1. The lowest BCUT2D eigenvalue weighted by Crippen LogP contribution is -2.47. The zero-order valence-corrected chi connectivity index (χ0v) is 30.6. The Hall–Kier alpha value is -4.88. The quantitative estimate of drug-likeness (QED) is 0.137. The van der Waals surface area contributed by atoms with Gasteiger partial charge < -0.3 is 24.5 Å². The van der Waals surface area contributed by atoms with Crippen molar-refractivity contribution in [1.29, 1.82) is 0 Å². The summed E-state index contributed by atoms with van der Waals surface area (Å²) in [6.45, 7) is 2.39. The molecule has 2 aliphatic heterocycles. The molecule has 3 heterocycles. The van der Waals surface area contributed by atoms with Crippen LogP contribution in [0.4, 0.5) is 0 Å². The monoisotopic (exact) mass is 744 g/mol. The van der Waals surface area contributed by atoms with Gasteiger partial charge in [-0.05, 0) is 59.4 Å². The number of likely N-dealkylation sites (tertiary alicyclic amines) is 1. The number of hydrogen-bond donors (Lipinski definition) is 3. The van der Waals surface area contributed by atoms with Gasteiger partial charge in [0.2, 0.25) is 10.0 Å². The van der Waals surface area contributed by atoms with Crippen molar-refractivity contribution in [2.75, 3.05) is 19.6 Å². The van der Waals surface area contributed by atoms with E-state index in [2.05, 4.69) is 26.7 Å². The fourth-order valence-electron chi connectivity index (χ4n) is 7.87. The average Bonchev–Trinajstić information content (AvgIpc) is 3.56. The zero-order valence-electron chi connectivity index (χ0n) is 29.8. The molecule has 10 nitrogen and oxygen atoms in total. The Balaban J connectivity index is 1.05. The van der Waals surface area contributed by atoms with E-state index in [-0.39, 0.29) is 47.9 Å². The molecule has 1 unspecified atom stereocenters. The summed E-state index contributed by atoms with van der Waals surface area (Å²) < 4.78 is 44.1. The van der Waals surface area contributed by atoms with Crippen molar-refractivity contribution in [3.63, 3.8) is 0 Å². The number of rotatable bonds is 11. The largest absolute Gasteiger partial charge is 0.392 e. The number of aliphatic hydroxyl groups is 1. The predicted molar refractivity (Wildman–Crippen MR) is 207 cm³/mol. The first kappa shape index (κ1) is 36.1. The van der Waals surface area contributed by atoms with Crippen LogP contribution < -0.4 is 10.4 Å². The maximum absolute atomic E-state index is 13.0. The summed E-state index contributed by atoms with van der Waals surface area (Å²) in [5, 5.41) is 9.78. The number of sulfonamides is 1. The molecule has 8 rings (SSSR count). The van der Waals surface area contributed by atoms with E-state index in [0.29, 0.717) is 6.54 Å². The Bertz CT molecular complexity index is 2320. The molecule has 0 spiro atoms. The average molecular weight is 745 g/mol. The molecule has 11 heteroatoms. The van der Waals surface area contributed by atoms with E-state index in [1.165, 1.54) is 0 Å². The van der Waals surface area contributed by atoms with Crippen molar-refractivity contribution in [2.24, 2.45) is 0 Å². The van der Waals surface area contributed by atoms with Gasteiger partial charge in [0, 0.05) is 43.7 Å². The molecule has 6 aromatic rings. The summed E-state index contributed by atoms with van der Waals surface area (Å²) in [5.41, 5.74) is 6.29. The van der Waals surface area contributed by atoms with Crippen LogP contribution in [0.2, 0.25) is 0 Å². The first-order valence-electron chi connectivity index (χ1n) is 18.5. The number of nitrogens with one attached hydrogen (secondary N) is 2. The maximum atomic E-state index is 13.0. The standard InChI is InChI=1S/C43H44N4O6S/c48-29-31-17-19-33(20-18-31)41-40(32-9-3-1-4-10-32)39(28-46-25-23-35(24-26-46)47-38-14-8-7-13-37(38)45-43(47)49)52-42(53-41)34-21-15-30(16-22-34)27-44-54(50,51)36-11-5-2-6-12-36/h1-22,35,39-42,44,48H,23-29H2,(H,45,49)/t39-,40-,41+,42?/m1/s1. The lowest BCUT2D eigenvalue weighted by Gasteiger charge is -2.45. The summed E-state index contributed by atoms with van der Waals surface area (Å²) >= 11 is 0. The number of aromatic amines is 1. The van der Waals surface area contributed by atoms with Gasteiger partial charge in [0.1, 0.15) is 0 Å². The Morgan fingerprint density at radius 1 is 0.722 bits per heavy atom. The minimum absolute atomic E-state index is 0.0449. The van der Waals surface area contributed by atoms with Crippen LogP contribution in [0.25, 0.3) is 11.0 Å². The summed E-state index contributed by atoms with van der Waals surface area (Å²) in [4.78, 5) is 18.7. The molecule has 0 bridgehead atoms. The minimum Gasteiger partial charge on any atom is -0.392 e. The van der Waals surface area contributed by atoms with E-state index in [4.69, 9.17) is 9.47 Å². The van der Waals surface area contributed by atoms with Crippen molar-refractivity contribution in [3.8, 4) is 0 Å². The highest BCUT2D eigenvalue weighted by Crippen LogP contribution is 2.47. The number of imidazole rings is 1. The van der Waals surface area contributed by atoms with Crippen molar-refractivity contribution in [3.05, 3.63) is 172 Å². The van der Waals surface area contributed by atoms with Crippen LogP contribution in [0.5, 0.6) is 0 Å². The summed E-state index contributed by atoms with van der Waals surface area (Å²) in [7, 11) is -3.65. The zero-order chi connectivity index (χ0) is 37.1. The van der Waals surface area contributed by atoms with E-state index in [1.807, 2.05) is 95.6 Å². The van der Waals surface area contributed by atoms with Crippen molar-refractivity contribution >= 4 is 21.1 Å². The van der Waals surface area contributed by atoms with Gasteiger partial charge in [0.25, 0.3) is 0 Å². The number of piperidine rings is 1. The van der Waals surface area contributed by atoms with E-state index < -0.39 is 16.3 Å². The first-order chi connectivity index (χ1) is 26.4. The molecular formula is C43H44N4O6S. The van der Waals surface area contributed by atoms with Gasteiger partial charge in [-0.1, -0.05) is 109 Å². The molecule has 2 fully saturated rings. The predicted octanol–water partition coefficient (Wildman–Crippen LogP) is 6.58. The van der Waals surface area contributed by atoms with E-state index in [1.54, 1.807) is 30.3 Å². The number of aromatic nitrogens is 2. The van der Waals surface area contributed by atoms with Gasteiger partial charge in [-0.25, -0.2) is 17.9 Å². The fraction of sp³-hybridized carbons (Fsp3) is 0.279. The van der Waals surface area contributed by atoms with Crippen LogP contribution in [-0.4, -0.2) is 53.7 Å². The van der Waals surface area contributed by atoms with Gasteiger partial charge in [-0.3, -0.25) is 4.57 Å². The highest BCUT2D eigenvalue weighted by Gasteiger charge is 2.43. The van der Waals surface area contributed by atoms with Gasteiger partial charge in [-0.15, -0.1) is 0 Å². The molecule has 2 saturated heterocycles. The first-order valence-corrected chi connectivity index (χ1v) is 20.0. The molecular weight excluding hydrogens is 701 g/mol. The maximum Gasteiger partial charge on any atom is 0.326 e. The van der Waals surface area contributed by atoms with Gasteiger partial charge in [0.15, 0.2) is 6.29 Å². The molecule has 1 aromatic heterocycles. The van der Waals surface area contributed by atoms with Crippen LogP contribution in [0.3, 0.4) is 0 Å². The molecule has 4 atom stereocenters. The molecule has 54 heavy (non-hydrogen) atoms. The number of fused-ring (bicyclic) bond motifs is 1. The third-order valence-electron chi connectivity index (χ3n) is 10.7. The van der Waals surface area contributed by atoms with Gasteiger partial charge in [0.05, 0.1) is 34.7 Å². The Labute approximate surface area is 315 Å². The van der Waals surface area contributed by atoms with Gasteiger partial charge in [-0.2, -0.15) is 0 Å². The highest BCUT2D eigenvalue weighted by molar-refractivity contribution is 7.89. The molecule has 0 saturated carbocycles. The van der Waals surface area contributed by atoms with Crippen LogP contribution in [0.1, 0.15) is 65.0 Å². The van der Waals surface area contributed by atoms with Crippen LogP contribution >= 0.6 is 0 Å². The highest BCUT2D eigenvalue weighted by atomic mass is 32.2. The van der Waals surface area contributed by atoms with Crippen LogP contribution in [-0.2, 0) is 32.6 Å². The van der Waals surface area contributed by atoms with Crippen molar-refractivity contribution < 1.29 is 23.0 Å². The van der Waals surface area contributed by atoms with E-state index in [0.717, 1.165) is 64.8 Å². The van der Waals surface area contributed by atoms with Gasteiger partial charge >= 0.3 is 5.69 Å². The van der Waals surface area contributed by atoms with E-state index in [9.17, 15) is 18.3 Å². The molecule has 3 N–H and O–H groups in total. The van der Waals surface area contributed by atoms with Crippen LogP contribution in [0, 0.1) is 0 Å². The molecule has 2 aliphatic rings. The molecule has 0 amide bonds. The van der Waals surface area contributed by atoms with Crippen LogP contribution in [0.15, 0.2) is 143 Å². The lowest BCUT2D eigenvalue weighted by atomic mass is 9.83. The van der Waals surface area contributed by atoms with E-state index >= 15 is 0 Å². The van der Waals surface area contributed by atoms with Crippen molar-refractivity contribution in [1.82, 2.24) is 19.2 Å². The Morgan fingerprint density at radius 3 is 2.06 bits per heavy atom. The third kappa shape index (κ3) is 7.70. The number of H-pyrrole nitrogens is 1. The fourth-order valence-corrected chi connectivity index (χ4v) is 8.91. The number of ether oxygens (including phenoxy) is 2. The number of benzene rings is 5. The molecule has 0 aliphatic carbocycles. The second-order valence-corrected chi connectivity index (χ2v) is 15.9. The number of hydrogen-bond acceptors (Lipinski definition) is 7. The topological polar surface area (TPSA) is 126 Å². The third-order valence-corrected chi connectivity index (χ3v) is 12.1. The molecule has 5 aromatic carbocycles. The Kier molecular flexibility index (Phi) is 10.6. The summed E-state index contributed by atoms with van der Waals surface area (Å²) in [6, 6.07) is 42.2. The number of nitrogens with zero attached hydrogens (tertiary/aromatic N) is 2. The smallest absolute Gasteiger partial charge is 0.326 e. The molecule has 278 valence electrons. The lowest BCUT2D eigenvalue weighted by molar-refractivity contribution is -0.264. The van der Waals surface area contributed by atoms with Crippen molar-refractivity contribution in [2.45, 2.75) is 61.3 Å². The number of para-hydroxylation sites is 2.